The number of carboxylic acids is 1. The predicted octanol–water partition coefficient (Wildman–Crippen LogP) is 2.88. The first-order valence-electron chi connectivity index (χ1n) is 5.38. The van der Waals surface area contributed by atoms with Crippen molar-refractivity contribution < 1.29 is 9.90 Å². The van der Waals surface area contributed by atoms with Crippen molar-refractivity contribution in [3.05, 3.63) is 35.4 Å². The number of hydrogen-bond acceptors (Lipinski definition) is 2. The van der Waals surface area contributed by atoms with Gasteiger partial charge >= 0.3 is 5.97 Å². The second kappa shape index (κ2) is 6.03. The Bertz CT molecular complexity index is 368. The van der Waals surface area contributed by atoms with Gasteiger partial charge in [-0.1, -0.05) is 45.0 Å². The average Bonchev–Trinajstić information content (AvgIpc) is 2.15. The van der Waals surface area contributed by atoms with Crippen molar-refractivity contribution in [2.24, 2.45) is 5.73 Å². The summed E-state index contributed by atoms with van der Waals surface area (Å²) in [6.45, 7) is 6.41. The summed E-state index contributed by atoms with van der Waals surface area (Å²) in [6.07, 6.45) is -0.0329. The molecule has 0 aliphatic rings. The Balaban J connectivity index is 0.00000256. The molecule has 1 atom stereocenters. The molecule has 1 aromatic carbocycles. The summed E-state index contributed by atoms with van der Waals surface area (Å²) < 4.78 is 0. The number of hydrogen-bond donors (Lipinski definition) is 2. The van der Waals surface area contributed by atoms with E-state index < -0.39 is 12.0 Å². The molecule has 0 saturated carbocycles. The molecule has 0 radical (unpaired) electrons. The molecule has 0 aliphatic carbocycles. The van der Waals surface area contributed by atoms with Crippen LogP contribution in [-0.4, -0.2) is 11.1 Å². The highest BCUT2D eigenvalue weighted by molar-refractivity contribution is 5.85. The van der Waals surface area contributed by atoms with E-state index in [9.17, 15) is 4.79 Å². The molecule has 0 saturated heterocycles. The summed E-state index contributed by atoms with van der Waals surface area (Å²) in [5, 5.41) is 8.65. The van der Waals surface area contributed by atoms with Gasteiger partial charge in [0.1, 0.15) is 0 Å². The predicted molar refractivity (Wildman–Crippen MR) is 71.6 cm³/mol. The van der Waals surface area contributed by atoms with Crippen molar-refractivity contribution in [1.29, 1.82) is 0 Å². The molecule has 96 valence electrons. The first-order chi connectivity index (χ1) is 7.30. The zero-order valence-electron chi connectivity index (χ0n) is 10.4. The van der Waals surface area contributed by atoms with E-state index in [0.717, 1.165) is 5.56 Å². The van der Waals surface area contributed by atoms with E-state index in [-0.39, 0.29) is 24.2 Å². The van der Waals surface area contributed by atoms with Gasteiger partial charge in [-0.15, -0.1) is 12.4 Å². The van der Waals surface area contributed by atoms with Gasteiger partial charge in [0.05, 0.1) is 6.42 Å². The molecule has 3 N–H and O–H groups in total. The molecule has 0 spiro atoms. The number of nitrogens with two attached hydrogens (primary N) is 1. The minimum Gasteiger partial charge on any atom is -0.481 e. The van der Waals surface area contributed by atoms with Crippen molar-refractivity contribution in [1.82, 2.24) is 0 Å². The summed E-state index contributed by atoms with van der Waals surface area (Å²) in [5.74, 6) is -0.868. The molecular weight excluding hydrogens is 238 g/mol. The van der Waals surface area contributed by atoms with Gasteiger partial charge < -0.3 is 10.8 Å². The molecule has 0 aliphatic heterocycles. The van der Waals surface area contributed by atoms with Gasteiger partial charge in [0.2, 0.25) is 0 Å². The van der Waals surface area contributed by atoms with E-state index in [2.05, 4.69) is 20.8 Å². The van der Waals surface area contributed by atoms with Crippen molar-refractivity contribution in [3.8, 4) is 0 Å². The van der Waals surface area contributed by atoms with Gasteiger partial charge in [-0.3, -0.25) is 4.79 Å². The fourth-order valence-electron chi connectivity index (χ4n) is 1.54. The standard InChI is InChI=1S/C13H19NO2.ClH/c1-13(2,3)10-6-4-9(5-7-10)11(14)8-12(15)16;/h4-7,11H,8,14H2,1-3H3,(H,15,16);1H/t11-;/m1./s1. The fraction of sp³-hybridized carbons (Fsp3) is 0.462. The Morgan fingerprint density at radius 3 is 2.12 bits per heavy atom. The molecular formula is C13H20ClNO2. The summed E-state index contributed by atoms with van der Waals surface area (Å²) in [6, 6.07) is 7.42. The Morgan fingerprint density at radius 1 is 1.29 bits per heavy atom. The van der Waals surface area contributed by atoms with E-state index in [0.29, 0.717) is 0 Å². The maximum Gasteiger partial charge on any atom is 0.305 e. The van der Waals surface area contributed by atoms with Gasteiger partial charge in [0.25, 0.3) is 0 Å². The molecule has 0 bridgehead atoms. The minimum absolute atomic E-state index is 0. The van der Waals surface area contributed by atoms with Crippen LogP contribution in [0.25, 0.3) is 0 Å². The van der Waals surface area contributed by atoms with E-state index in [1.807, 2.05) is 24.3 Å². The van der Waals surface area contributed by atoms with Crippen LogP contribution in [0.3, 0.4) is 0 Å². The largest absolute Gasteiger partial charge is 0.481 e. The maximum atomic E-state index is 10.5. The van der Waals surface area contributed by atoms with Crippen molar-refractivity contribution >= 4 is 18.4 Å². The molecule has 1 aromatic rings. The van der Waals surface area contributed by atoms with Crippen LogP contribution in [0.5, 0.6) is 0 Å². The molecule has 0 unspecified atom stereocenters. The number of aliphatic carboxylic acids is 1. The third kappa shape index (κ3) is 4.75. The highest BCUT2D eigenvalue weighted by atomic mass is 35.5. The second-order valence-corrected chi connectivity index (χ2v) is 5.08. The first kappa shape index (κ1) is 15.9. The van der Waals surface area contributed by atoms with Gasteiger partial charge in [0.15, 0.2) is 0 Å². The Hall–Kier alpha value is -1.06. The van der Waals surface area contributed by atoms with Crippen LogP contribution in [0.4, 0.5) is 0 Å². The first-order valence-corrected chi connectivity index (χ1v) is 5.38. The smallest absolute Gasteiger partial charge is 0.305 e. The fourth-order valence-corrected chi connectivity index (χ4v) is 1.54. The van der Waals surface area contributed by atoms with Crippen LogP contribution in [-0.2, 0) is 10.2 Å². The molecule has 0 heterocycles. The van der Waals surface area contributed by atoms with Crippen molar-refractivity contribution in [2.75, 3.05) is 0 Å². The van der Waals surface area contributed by atoms with Gasteiger partial charge in [-0.05, 0) is 16.5 Å². The van der Waals surface area contributed by atoms with Crippen LogP contribution < -0.4 is 5.73 Å². The topological polar surface area (TPSA) is 63.3 Å². The number of rotatable bonds is 3. The van der Waals surface area contributed by atoms with Crippen LogP contribution in [0.1, 0.15) is 44.4 Å². The molecule has 1 rings (SSSR count). The molecule has 0 fully saturated rings. The van der Waals surface area contributed by atoms with E-state index in [1.165, 1.54) is 5.56 Å². The number of benzene rings is 1. The van der Waals surface area contributed by atoms with Crippen LogP contribution in [0, 0.1) is 0 Å². The molecule has 17 heavy (non-hydrogen) atoms. The summed E-state index contributed by atoms with van der Waals surface area (Å²) in [7, 11) is 0. The average molecular weight is 258 g/mol. The Labute approximate surface area is 108 Å². The highest BCUT2D eigenvalue weighted by Gasteiger charge is 2.15. The van der Waals surface area contributed by atoms with Gasteiger partial charge in [0, 0.05) is 6.04 Å². The Kier molecular flexibility index (Phi) is 5.66. The SMILES string of the molecule is CC(C)(C)c1ccc([C@H](N)CC(=O)O)cc1.Cl. The minimum atomic E-state index is -0.868. The quantitative estimate of drug-likeness (QED) is 0.875. The van der Waals surface area contributed by atoms with Gasteiger partial charge in [-0.2, -0.15) is 0 Å². The zero-order valence-corrected chi connectivity index (χ0v) is 11.3. The second-order valence-electron chi connectivity index (χ2n) is 5.08. The zero-order chi connectivity index (χ0) is 12.3. The van der Waals surface area contributed by atoms with Crippen molar-refractivity contribution in [2.45, 2.75) is 38.6 Å². The van der Waals surface area contributed by atoms with E-state index >= 15 is 0 Å². The molecule has 0 amide bonds. The lowest BCUT2D eigenvalue weighted by Gasteiger charge is -2.20. The summed E-state index contributed by atoms with van der Waals surface area (Å²) in [4.78, 5) is 10.5. The van der Waals surface area contributed by atoms with Crippen molar-refractivity contribution in [3.63, 3.8) is 0 Å². The highest BCUT2D eigenvalue weighted by Crippen LogP contribution is 2.24. The molecule has 3 nitrogen and oxygen atoms in total. The third-order valence-corrected chi connectivity index (χ3v) is 2.60. The number of carboxylic acid groups (broad SMARTS) is 1. The lowest BCUT2D eigenvalue weighted by Crippen LogP contribution is -2.16. The monoisotopic (exact) mass is 257 g/mol. The number of halogens is 1. The summed E-state index contributed by atoms with van der Waals surface area (Å²) in [5.41, 5.74) is 7.97. The Morgan fingerprint density at radius 2 is 1.76 bits per heavy atom. The number of carbonyl (C=O) groups is 1. The van der Waals surface area contributed by atoms with Crippen LogP contribution >= 0.6 is 12.4 Å². The normalized spacial score (nSPS) is 12.7. The molecule has 4 heteroatoms. The van der Waals surface area contributed by atoms with E-state index in [1.54, 1.807) is 0 Å². The third-order valence-electron chi connectivity index (χ3n) is 2.60. The van der Waals surface area contributed by atoms with Crippen LogP contribution in [0.15, 0.2) is 24.3 Å². The van der Waals surface area contributed by atoms with Crippen LogP contribution in [0.2, 0.25) is 0 Å². The lowest BCUT2D eigenvalue weighted by atomic mass is 9.86. The molecule has 0 aromatic heterocycles. The lowest BCUT2D eigenvalue weighted by molar-refractivity contribution is -0.137. The summed E-state index contributed by atoms with van der Waals surface area (Å²) >= 11 is 0. The van der Waals surface area contributed by atoms with E-state index in [4.69, 9.17) is 10.8 Å². The maximum absolute atomic E-state index is 10.5. The van der Waals surface area contributed by atoms with Gasteiger partial charge in [-0.25, -0.2) is 0 Å².